The van der Waals surface area contributed by atoms with E-state index in [2.05, 4.69) is 16.9 Å². The second kappa shape index (κ2) is 10.6. The summed E-state index contributed by atoms with van der Waals surface area (Å²) in [5, 5.41) is 0.999. The maximum absolute atomic E-state index is 11.8. The van der Waals surface area contributed by atoms with Gasteiger partial charge >= 0.3 is 0 Å². The topological polar surface area (TPSA) is 77.5 Å². The number of benzene rings is 2. The number of fused-ring (bicyclic) bond motifs is 1. The van der Waals surface area contributed by atoms with Gasteiger partial charge in [0.25, 0.3) is 0 Å². The van der Waals surface area contributed by atoms with Crippen molar-refractivity contribution in [3.8, 4) is 5.75 Å². The molecule has 176 valence electrons. The summed E-state index contributed by atoms with van der Waals surface area (Å²) >= 11 is 0. The van der Waals surface area contributed by atoms with E-state index in [0.717, 1.165) is 59.2 Å². The van der Waals surface area contributed by atoms with Crippen molar-refractivity contribution in [2.75, 3.05) is 5.75 Å². The molecule has 1 fully saturated rings. The molecule has 7 heteroatoms. The van der Waals surface area contributed by atoms with E-state index < -0.39 is 10.0 Å². The van der Waals surface area contributed by atoms with Crippen molar-refractivity contribution in [2.45, 2.75) is 64.9 Å². The molecule has 3 aromatic rings. The van der Waals surface area contributed by atoms with Gasteiger partial charge < -0.3 is 9.47 Å². The first-order valence-corrected chi connectivity index (χ1v) is 13.3. The summed E-state index contributed by atoms with van der Waals surface area (Å²) in [6.45, 7) is 4.60. The highest BCUT2D eigenvalue weighted by Crippen LogP contribution is 2.32. The third-order valence-electron chi connectivity index (χ3n) is 6.26. The van der Waals surface area contributed by atoms with Crippen LogP contribution in [-0.2, 0) is 28.0 Å². The molecule has 1 heterocycles. The van der Waals surface area contributed by atoms with E-state index in [1.54, 1.807) is 6.92 Å². The Kier molecular flexibility index (Phi) is 7.63. The largest absolute Gasteiger partial charge is 0.488 e. The molecule has 1 aliphatic rings. The maximum Gasteiger partial charge on any atom is 0.211 e. The Morgan fingerprint density at radius 2 is 1.67 bits per heavy atom. The van der Waals surface area contributed by atoms with Gasteiger partial charge in [0.15, 0.2) is 0 Å². The molecular formula is C26H32N2O4S. The van der Waals surface area contributed by atoms with E-state index in [9.17, 15) is 8.42 Å². The average molecular weight is 469 g/mol. The first-order chi connectivity index (χ1) is 15.9. The number of rotatable bonds is 9. The second-order valence-corrected chi connectivity index (χ2v) is 10.7. The van der Waals surface area contributed by atoms with Gasteiger partial charge in [-0.3, -0.25) is 0 Å². The van der Waals surface area contributed by atoms with Gasteiger partial charge in [-0.15, -0.1) is 0 Å². The fraction of sp³-hybridized carbons (Fsp3) is 0.423. The zero-order chi connectivity index (χ0) is 23.3. The van der Waals surface area contributed by atoms with Crippen LogP contribution in [0.15, 0.2) is 54.6 Å². The summed E-state index contributed by atoms with van der Waals surface area (Å²) in [6, 6.07) is 18.2. The van der Waals surface area contributed by atoms with Crippen LogP contribution in [0.1, 0.15) is 49.4 Å². The predicted molar refractivity (Wildman–Crippen MR) is 131 cm³/mol. The molecule has 0 amide bonds. The molecule has 0 saturated heterocycles. The predicted octanol–water partition coefficient (Wildman–Crippen LogP) is 4.89. The summed E-state index contributed by atoms with van der Waals surface area (Å²) in [5.41, 5.74) is 3.88. The van der Waals surface area contributed by atoms with E-state index in [0.29, 0.717) is 13.2 Å². The highest BCUT2D eigenvalue weighted by atomic mass is 32.2. The van der Waals surface area contributed by atoms with Crippen molar-refractivity contribution < 1.29 is 17.9 Å². The van der Waals surface area contributed by atoms with Crippen molar-refractivity contribution in [3.05, 3.63) is 71.4 Å². The Labute approximate surface area is 196 Å². The Morgan fingerprint density at radius 3 is 2.39 bits per heavy atom. The van der Waals surface area contributed by atoms with Crippen LogP contribution in [0.4, 0.5) is 0 Å². The number of nitrogens with one attached hydrogen (secondary N) is 1. The lowest BCUT2D eigenvalue weighted by Crippen LogP contribution is -2.39. The van der Waals surface area contributed by atoms with Crippen LogP contribution >= 0.6 is 0 Å². The molecule has 2 aromatic carbocycles. The summed E-state index contributed by atoms with van der Waals surface area (Å²) in [5.74, 6) is 0.964. The summed E-state index contributed by atoms with van der Waals surface area (Å²) in [4.78, 5) is 4.85. The SMILES string of the molecule is CCS(=O)(=O)NC1CCC(OCc2nc3ccccc3c(OCc3ccccc3)c2C)CC1. The summed E-state index contributed by atoms with van der Waals surface area (Å²) < 4.78 is 38.9. The summed E-state index contributed by atoms with van der Waals surface area (Å²) in [7, 11) is -3.16. The Hall–Kier alpha value is -2.48. The molecule has 0 aliphatic heterocycles. The number of hydrogen-bond acceptors (Lipinski definition) is 5. The van der Waals surface area contributed by atoms with Gasteiger partial charge in [0, 0.05) is 17.0 Å². The lowest BCUT2D eigenvalue weighted by Gasteiger charge is -2.29. The van der Waals surface area contributed by atoms with Gasteiger partial charge in [0.05, 0.1) is 29.7 Å². The molecular weight excluding hydrogens is 436 g/mol. The average Bonchev–Trinajstić information content (AvgIpc) is 2.83. The third-order valence-corrected chi connectivity index (χ3v) is 7.71. The van der Waals surface area contributed by atoms with Gasteiger partial charge in [0.1, 0.15) is 12.4 Å². The molecule has 6 nitrogen and oxygen atoms in total. The molecule has 1 aromatic heterocycles. The summed E-state index contributed by atoms with van der Waals surface area (Å²) in [6.07, 6.45) is 3.36. The first-order valence-electron chi connectivity index (χ1n) is 11.6. The van der Waals surface area contributed by atoms with Crippen LogP contribution in [-0.4, -0.2) is 31.3 Å². The molecule has 0 unspecified atom stereocenters. The minimum Gasteiger partial charge on any atom is -0.488 e. The highest BCUT2D eigenvalue weighted by Gasteiger charge is 2.25. The van der Waals surface area contributed by atoms with Crippen molar-refractivity contribution >= 4 is 20.9 Å². The molecule has 4 rings (SSSR count). The fourth-order valence-corrected chi connectivity index (χ4v) is 5.17. The van der Waals surface area contributed by atoms with E-state index in [-0.39, 0.29) is 17.9 Å². The number of nitrogens with zero attached hydrogens (tertiary/aromatic N) is 1. The normalized spacial score (nSPS) is 19.0. The Bertz CT molecular complexity index is 1170. The Balaban J connectivity index is 1.43. The number of ether oxygens (including phenoxy) is 2. The molecule has 1 saturated carbocycles. The first kappa shape index (κ1) is 23.7. The van der Waals surface area contributed by atoms with Gasteiger partial charge in [-0.25, -0.2) is 18.1 Å². The molecule has 0 radical (unpaired) electrons. The molecule has 0 spiro atoms. The monoisotopic (exact) mass is 468 g/mol. The van der Waals surface area contributed by atoms with E-state index in [1.165, 1.54) is 0 Å². The van der Waals surface area contributed by atoms with Crippen LogP contribution in [0.5, 0.6) is 5.75 Å². The van der Waals surface area contributed by atoms with Gasteiger partial charge in [-0.2, -0.15) is 0 Å². The smallest absolute Gasteiger partial charge is 0.211 e. The maximum atomic E-state index is 11.8. The van der Waals surface area contributed by atoms with Crippen LogP contribution in [0.25, 0.3) is 10.9 Å². The zero-order valence-electron chi connectivity index (χ0n) is 19.3. The van der Waals surface area contributed by atoms with Crippen molar-refractivity contribution in [2.24, 2.45) is 0 Å². The van der Waals surface area contributed by atoms with Crippen molar-refractivity contribution in [3.63, 3.8) is 0 Å². The van der Waals surface area contributed by atoms with Crippen LogP contribution < -0.4 is 9.46 Å². The number of para-hydroxylation sites is 1. The second-order valence-electron chi connectivity index (χ2n) is 8.61. The van der Waals surface area contributed by atoms with Crippen molar-refractivity contribution in [1.82, 2.24) is 9.71 Å². The van der Waals surface area contributed by atoms with Gasteiger partial charge in [-0.1, -0.05) is 42.5 Å². The molecule has 1 N–H and O–H groups in total. The molecule has 33 heavy (non-hydrogen) atoms. The third kappa shape index (κ3) is 6.10. The Morgan fingerprint density at radius 1 is 0.970 bits per heavy atom. The molecule has 0 bridgehead atoms. The number of sulfonamides is 1. The number of hydrogen-bond donors (Lipinski definition) is 1. The number of pyridine rings is 1. The highest BCUT2D eigenvalue weighted by molar-refractivity contribution is 7.89. The minimum absolute atomic E-state index is 0.00770. The standard InChI is InChI=1S/C26H32N2O4S/c1-3-33(29,30)28-21-13-15-22(16-14-21)31-18-25-19(2)26(23-11-7-8-12-24(23)27-25)32-17-20-9-5-4-6-10-20/h4-12,21-22,28H,3,13-18H2,1-2H3. The van der Waals surface area contributed by atoms with Crippen LogP contribution in [0.2, 0.25) is 0 Å². The van der Waals surface area contributed by atoms with Gasteiger partial charge in [-0.05, 0) is 57.2 Å². The van der Waals surface area contributed by atoms with Crippen LogP contribution in [0, 0.1) is 6.92 Å². The lowest BCUT2D eigenvalue weighted by molar-refractivity contribution is 0.0110. The van der Waals surface area contributed by atoms with Gasteiger partial charge in [0.2, 0.25) is 10.0 Å². The molecule has 1 aliphatic carbocycles. The van der Waals surface area contributed by atoms with E-state index in [4.69, 9.17) is 14.5 Å². The van der Waals surface area contributed by atoms with Crippen molar-refractivity contribution in [1.29, 1.82) is 0 Å². The van der Waals surface area contributed by atoms with E-state index in [1.807, 2.05) is 49.4 Å². The fourth-order valence-electron chi connectivity index (χ4n) is 4.26. The zero-order valence-corrected chi connectivity index (χ0v) is 20.1. The van der Waals surface area contributed by atoms with Crippen LogP contribution in [0.3, 0.4) is 0 Å². The lowest BCUT2D eigenvalue weighted by atomic mass is 9.94. The number of aromatic nitrogens is 1. The van der Waals surface area contributed by atoms with E-state index >= 15 is 0 Å². The quantitative estimate of drug-likeness (QED) is 0.484. The molecule has 0 atom stereocenters. The minimum atomic E-state index is -3.16.